The third-order valence-electron chi connectivity index (χ3n) is 3.50. The molecule has 0 spiro atoms. The van der Waals surface area contributed by atoms with Crippen molar-refractivity contribution in [1.29, 1.82) is 0 Å². The van der Waals surface area contributed by atoms with Crippen molar-refractivity contribution in [3.63, 3.8) is 0 Å². The lowest BCUT2D eigenvalue weighted by Gasteiger charge is -2.16. The minimum atomic E-state index is -0.662. The summed E-state index contributed by atoms with van der Waals surface area (Å²) in [6.45, 7) is 2.09. The van der Waals surface area contributed by atoms with Crippen LogP contribution in [-0.2, 0) is 14.3 Å². The third-order valence-corrected chi connectivity index (χ3v) is 4.20. The highest BCUT2D eigenvalue weighted by Gasteiger charge is 2.19. The number of methoxy groups -OCH3 is 1. The number of nitrogens with one attached hydrogen (secondary N) is 2. The van der Waals surface area contributed by atoms with E-state index < -0.39 is 11.8 Å². The summed E-state index contributed by atoms with van der Waals surface area (Å²) in [5.74, 6) is -1.31. The Labute approximate surface area is 139 Å². The zero-order valence-electron chi connectivity index (χ0n) is 13.1. The van der Waals surface area contributed by atoms with Crippen LogP contribution in [0, 0.1) is 0 Å². The lowest BCUT2D eigenvalue weighted by atomic mass is 10.1. The van der Waals surface area contributed by atoms with Gasteiger partial charge < -0.3 is 15.4 Å². The highest BCUT2D eigenvalue weighted by Crippen LogP contribution is 2.18. The molecule has 0 unspecified atom stereocenters. The zero-order valence-corrected chi connectivity index (χ0v) is 13.9. The first-order valence-electron chi connectivity index (χ1n) is 7.30. The van der Waals surface area contributed by atoms with Gasteiger partial charge in [0.15, 0.2) is 0 Å². The molecule has 0 saturated carbocycles. The molecule has 2 amide bonds. The molecule has 0 radical (unpaired) electrons. The van der Waals surface area contributed by atoms with Gasteiger partial charge in [-0.15, -0.1) is 0 Å². The highest BCUT2D eigenvalue weighted by molar-refractivity contribution is 7.07. The average Bonchev–Trinajstić information content (AvgIpc) is 3.10. The minimum Gasteiger partial charge on any atom is -0.375 e. The van der Waals surface area contributed by atoms with Crippen LogP contribution < -0.4 is 10.6 Å². The number of hydrogen-bond donors (Lipinski definition) is 2. The van der Waals surface area contributed by atoms with Crippen molar-refractivity contribution >= 4 is 23.2 Å². The van der Waals surface area contributed by atoms with Gasteiger partial charge in [0.05, 0.1) is 6.04 Å². The Bertz CT molecular complexity index is 629. The van der Waals surface area contributed by atoms with Crippen LogP contribution in [-0.4, -0.2) is 25.5 Å². The molecule has 23 heavy (non-hydrogen) atoms. The van der Waals surface area contributed by atoms with Crippen LogP contribution in [0.25, 0.3) is 0 Å². The molecule has 2 aromatic rings. The smallest absolute Gasteiger partial charge is 0.309 e. The maximum Gasteiger partial charge on any atom is 0.309 e. The lowest BCUT2D eigenvalue weighted by molar-refractivity contribution is -0.139. The number of amides is 2. The molecule has 0 aliphatic heterocycles. The Morgan fingerprint density at radius 1 is 1.13 bits per heavy atom. The Balaban J connectivity index is 1.84. The van der Waals surface area contributed by atoms with Crippen LogP contribution in [0.15, 0.2) is 47.2 Å². The van der Waals surface area contributed by atoms with Gasteiger partial charge in [-0.2, -0.15) is 11.3 Å². The number of rotatable bonds is 6. The van der Waals surface area contributed by atoms with Gasteiger partial charge >= 0.3 is 11.8 Å². The van der Waals surface area contributed by atoms with E-state index in [2.05, 4.69) is 10.6 Å². The van der Waals surface area contributed by atoms with Crippen LogP contribution in [0.2, 0.25) is 0 Å². The monoisotopic (exact) mass is 332 g/mol. The maximum absolute atomic E-state index is 12.0. The van der Waals surface area contributed by atoms with E-state index in [9.17, 15) is 9.59 Å². The Morgan fingerprint density at radius 2 is 1.87 bits per heavy atom. The van der Waals surface area contributed by atoms with Gasteiger partial charge in [-0.05, 0) is 34.9 Å². The summed E-state index contributed by atoms with van der Waals surface area (Å²) in [6.07, 6.45) is -0.260. The third kappa shape index (κ3) is 4.91. The molecule has 5 nitrogen and oxygen atoms in total. The second-order valence-corrected chi connectivity index (χ2v) is 5.88. The molecule has 1 aromatic heterocycles. The van der Waals surface area contributed by atoms with E-state index in [1.807, 2.05) is 54.1 Å². The van der Waals surface area contributed by atoms with Crippen LogP contribution in [0.4, 0.5) is 0 Å². The molecule has 0 saturated heterocycles. The second-order valence-electron chi connectivity index (χ2n) is 5.10. The van der Waals surface area contributed by atoms with E-state index in [1.165, 1.54) is 0 Å². The van der Waals surface area contributed by atoms with E-state index in [0.29, 0.717) is 0 Å². The summed E-state index contributed by atoms with van der Waals surface area (Å²) in [4.78, 5) is 23.9. The van der Waals surface area contributed by atoms with Crippen molar-refractivity contribution in [2.24, 2.45) is 0 Å². The first kappa shape index (κ1) is 17.2. The van der Waals surface area contributed by atoms with E-state index >= 15 is 0 Å². The molecule has 0 bridgehead atoms. The summed E-state index contributed by atoms with van der Waals surface area (Å²) in [5, 5.41) is 9.19. The summed E-state index contributed by atoms with van der Waals surface area (Å²) in [5.41, 5.74) is 1.93. The van der Waals surface area contributed by atoms with Crippen molar-refractivity contribution in [2.45, 2.75) is 19.1 Å². The topological polar surface area (TPSA) is 67.4 Å². The van der Waals surface area contributed by atoms with Gasteiger partial charge in [-0.25, -0.2) is 0 Å². The first-order valence-corrected chi connectivity index (χ1v) is 8.24. The van der Waals surface area contributed by atoms with Crippen molar-refractivity contribution in [3.05, 3.63) is 58.3 Å². The largest absolute Gasteiger partial charge is 0.375 e. The zero-order chi connectivity index (χ0) is 16.7. The fourth-order valence-corrected chi connectivity index (χ4v) is 2.85. The normalized spacial score (nSPS) is 13.1. The summed E-state index contributed by atoms with van der Waals surface area (Å²) in [7, 11) is 1.58. The molecule has 122 valence electrons. The van der Waals surface area contributed by atoms with E-state index in [4.69, 9.17) is 4.74 Å². The Hall–Kier alpha value is -2.18. The molecular weight excluding hydrogens is 312 g/mol. The summed E-state index contributed by atoms with van der Waals surface area (Å²) in [6, 6.07) is 11.2. The van der Waals surface area contributed by atoms with Gasteiger partial charge in [-0.3, -0.25) is 9.59 Å². The SMILES string of the molecule is CO[C@H](CNC(=O)C(=O)N[C@H](C)c1ccccc1)c1ccsc1. The fraction of sp³-hybridized carbons (Fsp3) is 0.294. The molecule has 2 N–H and O–H groups in total. The molecule has 2 rings (SSSR count). The van der Waals surface area contributed by atoms with Gasteiger partial charge in [0.25, 0.3) is 0 Å². The number of carbonyl (C=O) groups excluding carboxylic acids is 2. The predicted molar refractivity (Wildman–Crippen MR) is 90.1 cm³/mol. The Kier molecular flexibility index (Phi) is 6.31. The molecule has 6 heteroatoms. The molecule has 1 heterocycles. The molecule has 0 aliphatic carbocycles. The first-order chi connectivity index (χ1) is 11.1. The lowest BCUT2D eigenvalue weighted by Crippen LogP contribution is -2.42. The van der Waals surface area contributed by atoms with E-state index in [0.717, 1.165) is 11.1 Å². The summed E-state index contributed by atoms with van der Waals surface area (Å²) >= 11 is 1.56. The standard InChI is InChI=1S/C17H20N2O3S/c1-12(13-6-4-3-5-7-13)19-17(21)16(20)18-10-15(22-2)14-8-9-23-11-14/h3-9,11-12,15H,10H2,1-2H3,(H,18,20)(H,19,21)/t12-,15-/m1/s1. The Morgan fingerprint density at radius 3 is 2.48 bits per heavy atom. The number of benzene rings is 1. The van der Waals surface area contributed by atoms with Crippen LogP contribution in [0.5, 0.6) is 0 Å². The second kappa shape index (κ2) is 8.45. The number of ether oxygens (including phenoxy) is 1. The maximum atomic E-state index is 12.0. The molecule has 2 atom stereocenters. The molecule has 0 fully saturated rings. The molecule has 0 aliphatic rings. The average molecular weight is 332 g/mol. The van der Waals surface area contributed by atoms with Crippen molar-refractivity contribution < 1.29 is 14.3 Å². The van der Waals surface area contributed by atoms with Gasteiger partial charge in [0.1, 0.15) is 6.10 Å². The molecule has 1 aromatic carbocycles. The van der Waals surface area contributed by atoms with Crippen molar-refractivity contribution in [3.8, 4) is 0 Å². The number of hydrogen-bond acceptors (Lipinski definition) is 4. The highest BCUT2D eigenvalue weighted by atomic mass is 32.1. The minimum absolute atomic E-state index is 0.232. The fourth-order valence-electron chi connectivity index (χ4n) is 2.15. The van der Waals surface area contributed by atoms with Crippen molar-refractivity contribution in [2.75, 3.05) is 13.7 Å². The molecular formula is C17H20N2O3S. The number of thiophene rings is 1. The number of carbonyl (C=O) groups is 2. The van der Waals surface area contributed by atoms with Crippen LogP contribution in [0.3, 0.4) is 0 Å². The quantitative estimate of drug-likeness (QED) is 0.799. The van der Waals surface area contributed by atoms with E-state index in [-0.39, 0.29) is 18.7 Å². The van der Waals surface area contributed by atoms with Crippen LogP contribution in [0.1, 0.15) is 30.2 Å². The van der Waals surface area contributed by atoms with Crippen LogP contribution >= 0.6 is 11.3 Å². The van der Waals surface area contributed by atoms with Crippen molar-refractivity contribution in [1.82, 2.24) is 10.6 Å². The summed E-state index contributed by atoms with van der Waals surface area (Å²) < 4.78 is 5.34. The predicted octanol–water partition coefficient (Wildman–Crippen LogP) is 2.43. The van der Waals surface area contributed by atoms with Gasteiger partial charge in [0, 0.05) is 13.7 Å². The van der Waals surface area contributed by atoms with E-state index in [1.54, 1.807) is 18.4 Å². The van der Waals surface area contributed by atoms with Gasteiger partial charge in [0.2, 0.25) is 0 Å². The van der Waals surface area contributed by atoms with Gasteiger partial charge in [-0.1, -0.05) is 30.3 Å².